The molecule has 13 heteroatoms. The topological polar surface area (TPSA) is 149 Å². The molecule has 3 aliphatic rings. The Morgan fingerprint density at radius 1 is 1.15 bits per heavy atom. The maximum Gasteiger partial charge on any atom is 0.323 e. The minimum atomic E-state index is -1.71. The molecule has 5 rings (SSSR count). The summed E-state index contributed by atoms with van der Waals surface area (Å²) < 4.78 is 10.8. The van der Waals surface area contributed by atoms with Crippen molar-refractivity contribution < 1.29 is 29.1 Å². The highest BCUT2D eigenvalue weighted by molar-refractivity contribution is 6.10. The van der Waals surface area contributed by atoms with Crippen LogP contribution in [0, 0.1) is 11.8 Å². The van der Waals surface area contributed by atoms with E-state index in [0.29, 0.717) is 41.6 Å². The van der Waals surface area contributed by atoms with E-state index in [1.807, 2.05) is 4.90 Å². The van der Waals surface area contributed by atoms with Gasteiger partial charge in [0.05, 0.1) is 20.8 Å². The molecular weight excluding hydrogens is 530 g/mol. The second-order valence-corrected chi connectivity index (χ2v) is 9.87. The van der Waals surface area contributed by atoms with Crippen molar-refractivity contribution in [1.29, 1.82) is 0 Å². The van der Waals surface area contributed by atoms with Crippen LogP contribution < -0.4 is 20.1 Å². The summed E-state index contributed by atoms with van der Waals surface area (Å²) in [5, 5.41) is 18.1. The zero-order valence-corrected chi connectivity index (χ0v) is 23.1. The van der Waals surface area contributed by atoms with Crippen molar-refractivity contribution in [2.24, 2.45) is 5.16 Å². The number of imide groups is 1. The van der Waals surface area contributed by atoms with E-state index in [-0.39, 0.29) is 24.7 Å². The van der Waals surface area contributed by atoms with E-state index in [4.69, 9.17) is 9.47 Å². The average Bonchev–Trinajstić information content (AvgIpc) is 3.45. The number of oxime groups is 1. The quantitative estimate of drug-likeness (QED) is 0.114. The van der Waals surface area contributed by atoms with Crippen molar-refractivity contribution in [2.45, 2.75) is 19.0 Å². The van der Waals surface area contributed by atoms with Crippen LogP contribution in [0.25, 0.3) is 0 Å². The van der Waals surface area contributed by atoms with Crippen LogP contribution in [0.1, 0.15) is 34.1 Å². The minimum Gasteiger partial charge on any atom is -0.497 e. The van der Waals surface area contributed by atoms with Crippen LogP contribution in [-0.4, -0.2) is 108 Å². The van der Waals surface area contributed by atoms with Gasteiger partial charge in [-0.25, -0.2) is 9.78 Å². The predicted molar refractivity (Wildman–Crippen MR) is 147 cm³/mol. The molecule has 3 aliphatic heterocycles. The molecule has 4 amide bonds. The van der Waals surface area contributed by atoms with Crippen LogP contribution in [0.5, 0.6) is 11.5 Å². The number of hydrogen-bond acceptors (Lipinski definition) is 9. The Morgan fingerprint density at radius 3 is 2.56 bits per heavy atom. The number of amides is 4. The number of aromatic nitrogens is 1. The lowest BCUT2D eigenvalue weighted by molar-refractivity contribution is -0.122. The Hall–Kier alpha value is -4.83. The van der Waals surface area contributed by atoms with Gasteiger partial charge in [-0.1, -0.05) is 24.1 Å². The van der Waals surface area contributed by atoms with Gasteiger partial charge in [-0.15, -0.1) is 0 Å². The molecule has 1 unspecified atom stereocenters. The van der Waals surface area contributed by atoms with E-state index >= 15 is 0 Å². The van der Waals surface area contributed by atoms with Crippen LogP contribution in [0.15, 0.2) is 35.6 Å². The molecule has 41 heavy (non-hydrogen) atoms. The number of benzene rings is 1. The Labute approximate surface area is 237 Å². The molecule has 0 bridgehead atoms. The number of rotatable bonds is 6. The fourth-order valence-electron chi connectivity index (χ4n) is 5.17. The van der Waals surface area contributed by atoms with Gasteiger partial charge in [-0.05, 0) is 36.2 Å². The molecule has 1 atom stereocenters. The van der Waals surface area contributed by atoms with E-state index < -0.39 is 17.5 Å². The average molecular weight is 562 g/mol. The molecule has 13 nitrogen and oxygen atoms in total. The zero-order chi connectivity index (χ0) is 29.1. The number of urea groups is 1. The van der Waals surface area contributed by atoms with Crippen molar-refractivity contribution in [3.05, 3.63) is 52.8 Å². The van der Waals surface area contributed by atoms with Crippen LogP contribution in [0.2, 0.25) is 0 Å². The van der Waals surface area contributed by atoms with Crippen LogP contribution in [-0.2, 0) is 11.3 Å². The summed E-state index contributed by atoms with van der Waals surface area (Å²) in [7, 11) is 2.97. The van der Waals surface area contributed by atoms with Crippen molar-refractivity contribution in [2.75, 3.05) is 53.5 Å². The number of fused-ring (bicyclic) bond motifs is 1. The SMILES string of the molecule is CCN1CCN(C(=NO)c2cnc(C#CC3(CN4Cc5ccc(OC)cc5C4=O)NC(=O)NC3=O)c(OC)c2)CC1. The number of nitrogens with one attached hydrogen (secondary N) is 2. The lowest BCUT2D eigenvalue weighted by atomic mass is 9.99. The zero-order valence-electron chi connectivity index (χ0n) is 23.1. The third-order valence-corrected chi connectivity index (χ3v) is 7.50. The molecule has 2 fully saturated rings. The maximum absolute atomic E-state index is 13.2. The van der Waals surface area contributed by atoms with Gasteiger partial charge in [-0.3, -0.25) is 14.9 Å². The van der Waals surface area contributed by atoms with Crippen LogP contribution in [0.3, 0.4) is 0 Å². The van der Waals surface area contributed by atoms with Gasteiger partial charge in [0.25, 0.3) is 11.8 Å². The lowest BCUT2D eigenvalue weighted by Gasteiger charge is -2.35. The van der Waals surface area contributed by atoms with E-state index in [9.17, 15) is 19.6 Å². The number of piperazine rings is 1. The lowest BCUT2D eigenvalue weighted by Crippen LogP contribution is -2.54. The molecule has 214 valence electrons. The first kappa shape index (κ1) is 27.7. The van der Waals surface area contributed by atoms with E-state index in [2.05, 4.69) is 44.4 Å². The second-order valence-electron chi connectivity index (χ2n) is 9.87. The number of carbonyl (C=O) groups excluding carboxylic acids is 3. The molecule has 1 aromatic carbocycles. The normalized spacial score (nSPS) is 20.8. The molecule has 0 radical (unpaired) electrons. The van der Waals surface area contributed by atoms with Crippen molar-refractivity contribution in [1.82, 2.24) is 30.3 Å². The smallest absolute Gasteiger partial charge is 0.323 e. The predicted octanol–water partition coefficient (Wildman–Crippen LogP) is 0.458. The standard InChI is InChI=1S/C28H31N7O6/c1-4-33-9-11-34(12-10-33)24(32-39)19-13-23(41-3)22(29-15-19)7-8-28(26(37)30-27(38)31-28)17-35-16-18-5-6-20(40-2)14-21(18)25(35)36/h5-6,13-15,39H,4,9-12,16-17H2,1-3H3,(H2,30,31,37,38). The number of nitrogens with zero attached hydrogens (tertiary/aromatic N) is 5. The first-order valence-electron chi connectivity index (χ1n) is 13.2. The van der Waals surface area contributed by atoms with Gasteiger partial charge < -0.3 is 34.7 Å². The van der Waals surface area contributed by atoms with Crippen LogP contribution >= 0.6 is 0 Å². The number of methoxy groups -OCH3 is 2. The fourth-order valence-corrected chi connectivity index (χ4v) is 5.17. The maximum atomic E-state index is 13.2. The summed E-state index contributed by atoms with van der Waals surface area (Å²) in [5.41, 5.74) is 0.283. The van der Waals surface area contributed by atoms with Gasteiger partial charge in [0.2, 0.25) is 5.54 Å². The number of ether oxygens (including phenoxy) is 2. The first-order valence-corrected chi connectivity index (χ1v) is 13.2. The van der Waals surface area contributed by atoms with Gasteiger partial charge in [0.1, 0.15) is 5.75 Å². The van der Waals surface area contributed by atoms with E-state index in [1.54, 1.807) is 24.3 Å². The molecule has 2 saturated heterocycles. The van der Waals surface area contributed by atoms with Crippen molar-refractivity contribution in [3.8, 4) is 23.3 Å². The van der Waals surface area contributed by atoms with Gasteiger partial charge >= 0.3 is 6.03 Å². The van der Waals surface area contributed by atoms with Gasteiger partial charge in [0.15, 0.2) is 17.3 Å². The highest BCUT2D eigenvalue weighted by Gasteiger charge is 2.48. The van der Waals surface area contributed by atoms with Gasteiger partial charge in [0, 0.05) is 50.0 Å². The highest BCUT2D eigenvalue weighted by Crippen LogP contribution is 2.29. The Kier molecular flexibility index (Phi) is 7.67. The van der Waals surface area contributed by atoms with Crippen molar-refractivity contribution in [3.63, 3.8) is 0 Å². The molecule has 1 aromatic heterocycles. The molecule has 0 saturated carbocycles. The largest absolute Gasteiger partial charge is 0.497 e. The Morgan fingerprint density at radius 2 is 1.93 bits per heavy atom. The minimum absolute atomic E-state index is 0.182. The molecule has 0 spiro atoms. The monoisotopic (exact) mass is 561 g/mol. The summed E-state index contributed by atoms with van der Waals surface area (Å²) >= 11 is 0. The van der Waals surface area contributed by atoms with Gasteiger partial charge in [-0.2, -0.15) is 0 Å². The number of hydrogen-bond donors (Lipinski definition) is 3. The third-order valence-electron chi connectivity index (χ3n) is 7.50. The number of likely N-dealkylation sites (N-methyl/N-ethyl adjacent to an activating group) is 1. The summed E-state index contributed by atoms with van der Waals surface area (Å²) in [6.07, 6.45) is 1.52. The highest BCUT2D eigenvalue weighted by atomic mass is 16.5. The van der Waals surface area contributed by atoms with Crippen LogP contribution in [0.4, 0.5) is 4.79 Å². The number of amidine groups is 1. The first-order chi connectivity index (χ1) is 19.8. The summed E-state index contributed by atoms with van der Waals surface area (Å²) in [5.74, 6) is 5.94. The number of pyridine rings is 1. The molecule has 2 aromatic rings. The van der Waals surface area contributed by atoms with E-state index in [1.165, 1.54) is 25.3 Å². The summed E-state index contributed by atoms with van der Waals surface area (Å²) in [6, 6.07) is 6.15. The number of carbonyl (C=O) groups is 3. The Bertz CT molecular complexity index is 1470. The van der Waals surface area contributed by atoms with Crippen molar-refractivity contribution >= 4 is 23.7 Å². The summed E-state index contributed by atoms with van der Waals surface area (Å²) in [6.45, 7) is 6.21. The summed E-state index contributed by atoms with van der Waals surface area (Å²) in [4.78, 5) is 48.5. The molecule has 0 aliphatic carbocycles. The fraction of sp³-hybridized carbons (Fsp3) is 0.393. The van der Waals surface area contributed by atoms with E-state index in [0.717, 1.165) is 25.2 Å². The third kappa shape index (κ3) is 5.33. The Balaban J connectivity index is 1.41. The second kappa shape index (κ2) is 11.3. The molecule has 4 heterocycles. The molecular formula is C28H31N7O6. The molecule has 3 N–H and O–H groups in total.